The second kappa shape index (κ2) is 4.86. The summed E-state index contributed by atoms with van der Waals surface area (Å²) in [6, 6.07) is 0. The van der Waals surface area contributed by atoms with Crippen molar-refractivity contribution < 1.29 is 14.0 Å². The lowest BCUT2D eigenvalue weighted by molar-refractivity contribution is 0.195. The Morgan fingerprint density at radius 1 is 1.78 bits per heavy atom. The van der Waals surface area contributed by atoms with Gasteiger partial charge in [-0.1, -0.05) is 13.3 Å². The number of hydrogen-bond donors (Lipinski definition) is 1. The second-order valence-electron chi connectivity index (χ2n) is 1.94. The molecule has 0 rings (SSSR count). The van der Waals surface area contributed by atoms with Crippen LogP contribution in [-0.4, -0.2) is 11.0 Å². The number of rotatable bonds is 4. The molecule has 0 aromatic heterocycles. The first-order valence-corrected chi connectivity index (χ1v) is 4.12. The Hall–Kier alpha value is 0.0200. The first kappa shape index (κ1) is 9.02. The Balaban J connectivity index is 3.26. The maximum absolute atomic E-state index is 10.0. The van der Waals surface area contributed by atoms with E-state index in [1.165, 1.54) is 0 Å². The van der Waals surface area contributed by atoms with Gasteiger partial charge in [0.1, 0.15) is 6.10 Å². The highest BCUT2D eigenvalue weighted by Crippen LogP contribution is 2.19. The van der Waals surface area contributed by atoms with E-state index in [1.807, 2.05) is 6.92 Å². The van der Waals surface area contributed by atoms with Crippen LogP contribution in [0.2, 0.25) is 0 Å². The molecule has 9 heavy (non-hydrogen) atoms. The van der Waals surface area contributed by atoms with E-state index < -0.39 is 8.25 Å². The quantitative estimate of drug-likeness (QED) is 0.623. The Morgan fingerprint density at radius 2 is 2.33 bits per heavy atom. The van der Waals surface area contributed by atoms with Gasteiger partial charge in [-0.15, -0.1) is 9.42 Å². The van der Waals surface area contributed by atoms with Crippen LogP contribution in [0.4, 0.5) is 0 Å². The summed E-state index contributed by atoms with van der Waals surface area (Å²) in [6.45, 7) is 3.79. The molecule has 0 saturated heterocycles. The Labute approximate surface area is 56.0 Å². The topological polar surface area (TPSA) is 46.5 Å². The van der Waals surface area contributed by atoms with Crippen LogP contribution in [0.1, 0.15) is 26.7 Å². The molecule has 0 aromatic rings. The van der Waals surface area contributed by atoms with Crippen LogP contribution in [-0.2, 0) is 9.09 Å². The maximum atomic E-state index is 10.0. The van der Waals surface area contributed by atoms with Gasteiger partial charge in [0, 0.05) is 4.57 Å². The zero-order valence-electron chi connectivity index (χ0n) is 5.70. The highest BCUT2D eigenvalue weighted by Gasteiger charge is 2.17. The monoisotopic (exact) mass is 151 g/mol. The molecule has 0 aromatic carbocycles. The van der Waals surface area contributed by atoms with Crippen molar-refractivity contribution in [2.75, 3.05) is 0 Å². The Bertz CT molecular complexity index is 94.2. The van der Waals surface area contributed by atoms with Gasteiger partial charge in [0.2, 0.25) is 0 Å². The minimum Gasteiger partial charge on any atom is -0.133 e. The van der Waals surface area contributed by atoms with Gasteiger partial charge in [0.05, 0.1) is 0 Å². The molecule has 0 amide bonds. The predicted molar refractivity (Wildman–Crippen MR) is 35.3 cm³/mol. The summed E-state index contributed by atoms with van der Waals surface area (Å²) in [6.07, 6.45) is 1.72. The van der Waals surface area contributed by atoms with Crippen LogP contribution in [0, 0.1) is 0 Å². The van der Waals surface area contributed by atoms with E-state index in [0.29, 0.717) is 0 Å². The minimum absolute atomic E-state index is 0.0939. The second-order valence-corrected chi connectivity index (χ2v) is 2.63. The van der Waals surface area contributed by atoms with E-state index in [0.717, 1.165) is 12.8 Å². The van der Waals surface area contributed by atoms with Crippen molar-refractivity contribution in [3.63, 3.8) is 0 Å². The zero-order chi connectivity index (χ0) is 7.28. The van der Waals surface area contributed by atoms with Crippen LogP contribution in [0.3, 0.4) is 0 Å². The SMILES string of the molecule is CCC[C@@H](C)O[P+](=O)O. The van der Waals surface area contributed by atoms with Gasteiger partial charge in [-0.05, 0) is 13.3 Å². The standard InChI is InChI=1S/C5H11O3P/c1-3-4-5(2)8-9(6)7/h5H,3-4H2,1-2H3/p+1/t5-/m1/s1. The lowest BCUT2D eigenvalue weighted by Gasteiger charge is -1.97. The van der Waals surface area contributed by atoms with E-state index >= 15 is 0 Å². The fourth-order valence-corrected chi connectivity index (χ4v) is 1.03. The summed E-state index contributed by atoms with van der Waals surface area (Å²) in [4.78, 5) is 8.24. The normalized spacial score (nSPS) is 15.2. The van der Waals surface area contributed by atoms with Crippen molar-refractivity contribution in [3.8, 4) is 0 Å². The molecule has 0 aliphatic carbocycles. The van der Waals surface area contributed by atoms with Crippen molar-refractivity contribution in [2.45, 2.75) is 32.8 Å². The summed E-state index contributed by atoms with van der Waals surface area (Å²) in [5, 5.41) is 0. The maximum Gasteiger partial charge on any atom is 0.694 e. The van der Waals surface area contributed by atoms with E-state index in [-0.39, 0.29) is 6.10 Å². The fraction of sp³-hybridized carbons (Fsp3) is 1.00. The van der Waals surface area contributed by atoms with Crippen molar-refractivity contribution in [3.05, 3.63) is 0 Å². The molecule has 0 aliphatic rings. The Kier molecular flexibility index (Phi) is 4.87. The molecule has 4 heteroatoms. The van der Waals surface area contributed by atoms with Crippen LogP contribution < -0.4 is 0 Å². The molecular weight excluding hydrogens is 139 g/mol. The molecule has 0 aliphatic heterocycles. The highest BCUT2D eigenvalue weighted by atomic mass is 31.1. The summed E-state index contributed by atoms with van der Waals surface area (Å²) in [5.41, 5.74) is 0. The summed E-state index contributed by atoms with van der Waals surface area (Å²) in [5.74, 6) is 0. The Morgan fingerprint density at radius 3 is 2.67 bits per heavy atom. The smallest absolute Gasteiger partial charge is 0.133 e. The number of hydrogen-bond acceptors (Lipinski definition) is 2. The molecule has 54 valence electrons. The van der Waals surface area contributed by atoms with Gasteiger partial charge < -0.3 is 0 Å². The third-order valence-corrected chi connectivity index (χ3v) is 1.51. The van der Waals surface area contributed by atoms with Gasteiger partial charge in [0.15, 0.2) is 0 Å². The molecule has 0 fully saturated rings. The minimum atomic E-state index is -2.40. The molecule has 0 heterocycles. The van der Waals surface area contributed by atoms with Crippen LogP contribution in [0.5, 0.6) is 0 Å². The summed E-state index contributed by atoms with van der Waals surface area (Å²) >= 11 is 0. The van der Waals surface area contributed by atoms with Gasteiger partial charge in [0.25, 0.3) is 0 Å². The first-order valence-electron chi connectivity index (χ1n) is 2.99. The molecule has 0 saturated carbocycles. The van der Waals surface area contributed by atoms with Crippen molar-refractivity contribution in [1.82, 2.24) is 0 Å². The van der Waals surface area contributed by atoms with E-state index in [2.05, 4.69) is 4.52 Å². The molecule has 1 N–H and O–H groups in total. The first-order chi connectivity index (χ1) is 4.16. The average molecular weight is 151 g/mol. The van der Waals surface area contributed by atoms with E-state index in [9.17, 15) is 4.57 Å². The molecule has 3 nitrogen and oxygen atoms in total. The molecule has 0 radical (unpaired) electrons. The van der Waals surface area contributed by atoms with Gasteiger partial charge in [-0.2, -0.15) is 0 Å². The van der Waals surface area contributed by atoms with E-state index in [1.54, 1.807) is 6.92 Å². The third-order valence-electron chi connectivity index (χ3n) is 0.965. The predicted octanol–water partition coefficient (Wildman–Crippen LogP) is 1.84. The molecule has 0 bridgehead atoms. The van der Waals surface area contributed by atoms with Crippen molar-refractivity contribution in [1.29, 1.82) is 0 Å². The third kappa shape index (κ3) is 5.90. The molecule has 2 atom stereocenters. The molecule has 1 unspecified atom stereocenters. The van der Waals surface area contributed by atoms with Crippen molar-refractivity contribution in [2.24, 2.45) is 0 Å². The molecule has 0 spiro atoms. The summed E-state index contributed by atoms with van der Waals surface area (Å²) in [7, 11) is -2.40. The van der Waals surface area contributed by atoms with Crippen LogP contribution in [0.25, 0.3) is 0 Å². The van der Waals surface area contributed by atoms with E-state index in [4.69, 9.17) is 4.89 Å². The van der Waals surface area contributed by atoms with Crippen LogP contribution in [0.15, 0.2) is 0 Å². The lowest BCUT2D eigenvalue weighted by Crippen LogP contribution is -2.00. The highest BCUT2D eigenvalue weighted by molar-refractivity contribution is 7.32. The van der Waals surface area contributed by atoms with Crippen LogP contribution >= 0.6 is 8.25 Å². The fourth-order valence-electron chi connectivity index (χ4n) is 0.613. The summed E-state index contributed by atoms with van der Waals surface area (Å²) < 4.78 is 14.6. The average Bonchev–Trinajstić information content (AvgIpc) is 1.63. The van der Waals surface area contributed by atoms with Gasteiger partial charge >= 0.3 is 8.25 Å². The largest absolute Gasteiger partial charge is 0.694 e. The molecular formula is C5H12O3P+. The zero-order valence-corrected chi connectivity index (χ0v) is 6.60. The lowest BCUT2D eigenvalue weighted by atomic mass is 10.2. The van der Waals surface area contributed by atoms with Gasteiger partial charge in [-0.3, -0.25) is 0 Å². The van der Waals surface area contributed by atoms with Gasteiger partial charge in [-0.25, -0.2) is 0 Å². The van der Waals surface area contributed by atoms with Crippen molar-refractivity contribution >= 4 is 8.25 Å².